The van der Waals surface area contributed by atoms with E-state index in [9.17, 15) is 13.0 Å². The highest BCUT2D eigenvalue weighted by atomic mass is 31.2. The van der Waals surface area contributed by atoms with Crippen molar-refractivity contribution in [3.05, 3.63) is 0 Å². The summed E-state index contributed by atoms with van der Waals surface area (Å²) in [6, 6.07) is 0. The summed E-state index contributed by atoms with van der Waals surface area (Å²) in [5.74, 6) is 0.213. The van der Waals surface area contributed by atoms with Crippen LogP contribution < -0.4 is 0 Å². The van der Waals surface area contributed by atoms with Crippen LogP contribution in [0.4, 0.5) is 8.39 Å². The van der Waals surface area contributed by atoms with E-state index in [2.05, 4.69) is 0 Å². The standard InChI is InChI=1S/C5H11F2OP/c1-5(2)3-4-9(6,7)8/h5H,3-4H2,1-2H3. The normalized spacial score (nSPS) is 12.6. The van der Waals surface area contributed by atoms with Crippen LogP contribution in [0.2, 0.25) is 0 Å². The Kier molecular flexibility index (Phi) is 3.34. The maximum Gasteiger partial charge on any atom is 0.402 e. The Bertz CT molecular complexity index is 118. The molecule has 56 valence electrons. The molecule has 0 rings (SSSR count). The van der Waals surface area contributed by atoms with Crippen LogP contribution >= 0.6 is 7.76 Å². The molecule has 0 radical (unpaired) electrons. The minimum atomic E-state index is -4.72. The molecule has 0 bridgehead atoms. The molecule has 0 aromatic rings. The molecule has 0 aliphatic heterocycles. The summed E-state index contributed by atoms with van der Waals surface area (Å²) in [6.07, 6.45) is -0.0745. The van der Waals surface area contributed by atoms with Crippen molar-refractivity contribution in [2.75, 3.05) is 6.16 Å². The highest BCUT2D eigenvalue weighted by Gasteiger charge is 2.18. The van der Waals surface area contributed by atoms with E-state index in [0.717, 1.165) is 0 Å². The lowest BCUT2D eigenvalue weighted by molar-refractivity contribution is 0.483. The quantitative estimate of drug-likeness (QED) is 0.573. The third-order valence-corrected chi connectivity index (χ3v) is 1.75. The van der Waals surface area contributed by atoms with Crippen molar-refractivity contribution in [2.24, 2.45) is 5.92 Å². The first-order chi connectivity index (χ1) is 3.92. The molecule has 0 atom stereocenters. The van der Waals surface area contributed by atoms with Crippen LogP contribution in [0.25, 0.3) is 0 Å². The van der Waals surface area contributed by atoms with Crippen molar-refractivity contribution in [1.29, 1.82) is 0 Å². The first-order valence-corrected chi connectivity index (χ1v) is 4.57. The fourth-order valence-electron chi connectivity index (χ4n) is 0.408. The average molecular weight is 156 g/mol. The molecule has 0 unspecified atom stereocenters. The van der Waals surface area contributed by atoms with Crippen molar-refractivity contribution in [1.82, 2.24) is 0 Å². The predicted molar refractivity (Wildman–Crippen MR) is 34.1 cm³/mol. The lowest BCUT2D eigenvalue weighted by Crippen LogP contribution is -1.89. The van der Waals surface area contributed by atoms with Crippen LogP contribution in [0.5, 0.6) is 0 Å². The lowest BCUT2D eigenvalue weighted by Gasteiger charge is -2.01. The summed E-state index contributed by atoms with van der Waals surface area (Å²) in [7, 11) is -4.72. The predicted octanol–water partition coefficient (Wildman–Crippen LogP) is 3.16. The molecule has 9 heavy (non-hydrogen) atoms. The highest BCUT2D eigenvalue weighted by molar-refractivity contribution is 7.52. The third-order valence-electron chi connectivity index (χ3n) is 0.967. The lowest BCUT2D eigenvalue weighted by atomic mass is 10.2. The summed E-state index contributed by atoms with van der Waals surface area (Å²) in [5.41, 5.74) is 0. The Balaban J connectivity index is 3.40. The zero-order valence-corrected chi connectivity index (χ0v) is 6.50. The summed E-state index contributed by atoms with van der Waals surface area (Å²) >= 11 is 0. The third kappa shape index (κ3) is 8.09. The fourth-order valence-corrected chi connectivity index (χ4v) is 1.23. The van der Waals surface area contributed by atoms with Gasteiger partial charge in [0.2, 0.25) is 0 Å². The van der Waals surface area contributed by atoms with Gasteiger partial charge in [-0.3, -0.25) is 4.57 Å². The Labute approximate surface area is 54.1 Å². The van der Waals surface area contributed by atoms with E-state index in [-0.39, 0.29) is 5.92 Å². The number of halogens is 2. The van der Waals surface area contributed by atoms with Crippen molar-refractivity contribution < 1.29 is 13.0 Å². The first kappa shape index (κ1) is 9.09. The molecule has 0 heterocycles. The number of hydrogen-bond donors (Lipinski definition) is 0. The molecule has 0 spiro atoms. The summed E-state index contributed by atoms with van der Waals surface area (Å²) in [6.45, 7) is 3.66. The largest absolute Gasteiger partial charge is 0.402 e. The van der Waals surface area contributed by atoms with Gasteiger partial charge in [0.05, 0.1) is 6.16 Å². The molecule has 0 aliphatic carbocycles. The van der Waals surface area contributed by atoms with Crippen molar-refractivity contribution in [2.45, 2.75) is 20.3 Å². The van der Waals surface area contributed by atoms with Gasteiger partial charge in [-0.2, -0.15) is 8.39 Å². The molecule has 0 fully saturated rings. The average Bonchev–Trinajstić information content (AvgIpc) is 1.59. The molecule has 1 nitrogen and oxygen atoms in total. The van der Waals surface area contributed by atoms with E-state index in [1.165, 1.54) is 0 Å². The molecule has 0 saturated heterocycles. The Morgan fingerprint density at radius 3 is 2.00 bits per heavy atom. The molecule has 0 aliphatic rings. The van der Waals surface area contributed by atoms with Gasteiger partial charge in [0, 0.05) is 0 Å². The SMILES string of the molecule is CC(C)CCP(=O)(F)F. The first-order valence-electron chi connectivity index (χ1n) is 2.90. The molecule has 0 amide bonds. The van der Waals surface area contributed by atoms with E-state index in [0.29, 0.717) is 6.42 Å². The van der Waals surface area contributed by atoms with Crippen LogP contribution in [-0.2, 0) is 4.57 Å². The second kappa shape index (κ2) is 3.31. The molecule has 0 saturated carbocycles. The van der Waals surface area contributed by atoms with Crippen LogP contribution in [0, 0.1) is 5.92 Å². The van der Waals surface area contributed by atoms with Gasteiger partial charge in [-0.1, -0.05) is 13.8 Å². The second-order valence-corrected chi connectivity index (χ2v) is 4.06. The van der Waals surface area contributed by atoms with Gasteiger partial charge in [0.1, 0.15) is 0 Å². The number of hydrogen-bond acceptors (Lipinski definition) is 1. The van der Waals surface area contributed by atoms with Gasteiger partial charge < -0.3 is 0 Å². The minimum absolute atomic E-state index is 0.213. The minimum Gasteiger partial charge on any atom is -0.250 e. The van der Waals surface area contributed by atoms with Gasteiger partial charge >= 0.3 is 7.76 Å². The molecular formula is C5H11F2OP. The highest BCUT2D eigenvalue weighted by Crippen LogP contribution is 2.49. The summed E-state index contributed by atoms with van der Waals surface area (Å²) < 4.78 is 33.1. The van der Waals surface area contributed by atoms with Crippen molar-refractivity contribution in [3.8, 4) is 0 Å². The Morgan fingerprint density at radius 1 is 1.44 bits per heavy atom. The fraction of sp³-hybridized carbons (Fsp3) is 1.00. The van der Waals surface area contributed by atoms with Gasteiger partial charge in [0.25, 0.3) is 0 Å². The molecule has 0 aromatic carbocycles. The second-order valence-electron chi connectivity index (χ2n) is 2.48. The van der Waals surface area contributed by atoms with Crippen LogP contribution in [0.1, 0.15) is 20.3 Å². The van der Waals surface area contributed by atoms with Crippen LogP contribution in [-0.4, -0.2) is 6.16 Å². The van der Waals surface area contributed by atoms with E-state index in [4.69, 9.17) is 0 Å². The van der Waals surface area contributed by atoms with E-state index in [1.807, 2.05) is 13.8 Å². The topological polar surface area (TPSA) is 17.1 Å². The Hall–Kier alpha value is 0.0900. The zero-order chi connectivity index (χ0) is 7.49. The van der Waals surface area contributed by atoms with Gasteiger partial charge in [-0.05, 0) is 12.3 Å². The molecule has 0 aromatic heterocycles. The van der Waals surface area contributed by atoms with E-state index < -0.39 is 13.9 Å². The number of rotatable bonds is 3. The molecule has 4 heteroatoms. The maximum atomic E-state index is 11.6. The molecule has 0 N–H and O–H groups in total. The van der Waals surface area contributed by atoms with Crippen molar-refractivity contribution in [3.63, 3.8) is 0 Å². The van der Waals surface area contributed by atoms with E-state index >= 15 is 0 Å². The van der Waals surface area contributed by atoms with Gasteiger partial charge in [-0.15, -0.1) is 0 Å². The smallest absolute Gasteiger partial charge is 0.250 e. The zero-order valence-electron chi connectivity index (χ0n) is 5.60. The monoisotopic (exact) mass is 156 g/mol. The summed E-state index contributed by atoms with van der Waals surface area (Å²) in [4.78, 5) is 0. The van der Waals surface area contributed by atoms with Gasteiger partial charge in [0.15, 0.2) is 0 Å². The van der Waals surface area contributed by atoms with Crippen molar-refractivity contribution >= 4 is 7.76 Å². The molecular weight excluding hydrogens is 145 g/mol. The van der Waals surface area contributed by atoms with Crippen LogP contribution in [0.15, 0.2) is 0 Å². The summed E-state index contributed by atoms with van der Waals surface area (Å²) in [5, 5.41) is 0. The van der Waals surface area contributed by atoms with E-state index in [1.54, 1.807) is 0 Å². The maximum absolute atomic E-state index is 11.6. The van der Waals surface area contributed by atoms with Crippen LogP contribution in [0.3, 0.4) is 0 Å². The Morgan fingerprint density at radius 2 is 1.89 bits per heavy atom. The van der Waals surface area contributed by atoms with Gasteiger partial charge in [-0.25, -0.2) is 0 Å².